The lowest BCUT2D eigenvalue weighted by Gasteiger charge is -2.29. The fourth-order valence-corrected chi connectivity index (χ4v) is 4.70. The Kier molecular flexibility index (Phi) is 8.00. The van der Waals surface area contributed by atoms with Crippen molar-refractivity contribution < 1.29 is 23.2 Å². The van der Waals surface area contributed by atoms with Gasteiger partial charge in [-0.1, -0.05) is 35.5 Å². The maximum Gasteiger partial charge on any atom is 0.290 e. The number of morpholine rings is 1. The Morgan fingerprint density at radius 1 is 1.03 bits per heavy atom. The summed E-state index contributed by atoms with van der Waals surface area (Å²) in [4.78, 5) is 27.6. The lowest BCUT2D eigenvalue weighted by Crippen LogP contribution is -2.36. The molecule has 0 radical (unpaired) electrons. The summed E-state index contributed by atoms with van der Waals surface area (Å²) in [5.74, 6) is -1.22. The fraction of sp³-hybridized carbons (Fsp3) is 0.207. The highest BCUT2D eigenvalue weighted by molar-refractivity contribution is 7.27. The number of ether oxygens (including phenoxy) is 1. The van der Waals surface area contributed by atoms with E-state index in [2.05, 4.69) is 25.0 Å². The first-order valence-electron chi connectivity index (χ1n) is 12.5. The average Bonchev–Trinajstić information content (AvgIpc) is 3.43. The van der Waals surface area contributed by atoms with Crippen molar-refractivity contribution in [1.29, 1.82) is 0 Å². The smallest absolute Gasteiger partial charge is 0.290 e. The molecule has 1 aliphatic rings. The van der Waals surface area contributed by atoms with E-state index in [9.17, 15) is 14.0 Å². The van der Waals surface area contributed by atoms with Crippen LogP contribution in [0.15, 0.2) is 71.3 Å². The Balaban J connectivity index is 1.29. The Morgan fingerprint density at radius 3 is 2.64 bits per heavy atom. The molecule has 0 aliphatic carbocycles. The van der Waals surface area contributed by atoms with Gasteiger partial charge in [-0.25, -0.2) is 4.39 Å². The molecule has 10 heteroatoms. The van der Waals surface area contributed by atoms with E-state index in [0.29, 0.717) is 55.5 Å². The summed E-state index contributed by atoms with van der Waals surface area (Å²) in [6, 6.07) is 19.0. The molecule has 3 aromatic carbocycles. The summed E-state index contributed by atoms with van der Waals surface area (Å²) in [7, 11) is 2.63. The second-order valence-corrected chi connectivity index (χ2v) is 9.95. The van der Waals surface area contributed by atoms with Crippen LogP contribution < -0.4 is 20.8 Å². The maximum absolute atomic E-state index is 14.4. The normalized spacial score (nSPS) is 13.3. The van der Waals surface area contributed by atoms with Gasteiger partial charge in [0, 0.05) is 48.2 Å². The van der Waals surface area contributed by atoms with Gasteiger partial charge in [-0.15, -0.1) is 9.24 Å². The molecule has 1 atom stereocenters. The molecular weight excluding hydrogens is 518 g/mol. The van der Waals surface area contributed by atoms with Gasteiger partial charge in [0.2, 0.25) is 5.76 Å². The van der Waals surface area contributed by atoms with E-state index < -0.39 is 11.7 Å². The third kappa shape index (κ3) is 6.50. The molecule has 2 heterocycles. The van der Waals surface area contributed by atoms with Gasteiger partial charge in [-0.2, -0.15) is 0 Å². The predicted molar refractivity (Wildman–Crippen MR) is 151 cm³/mol. The van der Waals surface area contributed by atoms with E-state index in [4.69, 9.17) is 9.26 Å². The van der Waals surface area contributed by atoms with Gasteiger partial charge < -0.3 is 24.8 Å². The Labute approximate surface area is 227 Å². The average molecular weight is 547 g/mol. The molecule has 8 nitrogen and oxygen atoms in total. The van der Waals surface area contributed by atoms with Gasteiger partial charge in [-0.05, 0) is 53.7 Å². The van der Waals surface area contributed by atoms with Crippen LogP contribution in [0.5, 0.6) is 0 Å². The number of amides is 2. The molecule has 1 saturated heterocycles. The van der Waals surface area contributed by atoms with Crippen molar-refractivity contribution in [2.45, 2.75) is 13.5 Å². The quantitative estimate of drug-likeness (QED) is 0.336. The van der Waals surface area contributed by atoms with Crippen LogP contribution in [0.25, 0.3) is 11.3 Å². The van der Waals surface area contributed by atoms with Crippen molar-refractivity contribution in [1.82, 2.24) is 10.5 Å². The minimum absolute atomic E-state index is 0.0799. The van der Waals surface area contributed by atoms with Crippen LogP contribution in [0, 0.1) is 12.7 Å². The van der Waals surface area contributed by atoms with Crippen molar-refractivity contribution in [3.8, 4) is 11.3 Å². The molecule has 0 saturated carbocycles. The van der Waals surface area contributed by atoms with Gasteiger partial charge in [0.1, 0.15) is 11.5 Å². The van der Waals surface area contributed by atoms with Gasteiger partial charge in [0.05, 0.1) is 13.2 Å². The van der Waals surface area contributed by atoms with Crippen LogP contribution in [0.3, 0.4) is 0 Å². The van der Waals surface area contributed by atoms with Crippen molar-refractivity contribution in [2.24, 2.45) is 0 Å². The molecule has 200 valence electrons. The highest BCUT2D eigenvalue weighted by atomic mass is 31.0. The SMILES string of the molecule is Cc1ccc(NC(=O)c2cc(F)cc(N3CCOCC3)c2)cc1-c1cc(C(=O)NCc2cccc(P)c2)on1. The number of aryl methyl sites for hydroxylation is 1. The zero-order valence-electron chi connectivity index (χ0n) is 21.4. The molecule has 1 fully saturated rings. The largest absolute Gasteiger partial charge is 0.378 e. The lowest BCUT2D eigenvalue weighted by atomic mass is 10.0. The number of benzene rings is 3. The van der Waals surface area contributed by atoms with Crippen molar-refractivity contribution in [3.05, 3.63) is 95.0 Å². The monoisotopic (exact) mass is 546 g/mol. The molecule has 5 rings (SSSR count). The highest BCUT2D eigenvalue weighted by Crippen LogP contribution is 2.27. The number of hydrogen-bond donors (Lipinski definition) is 2. The zero-order valence-corrected chi connectivity index (χ0v) is 22.5. The lowest BCUT2D eigenvalue weighted by molar-refractivity contribution is 0.0913. The number of rotatable bonds is 7. The second-order valence-electron chi connectivity index (χ2n) is 9.29. The van der Waals surface area contributed by atoms with Crippen molar-refractivity contribution in [2.75, 3.05) is 36.5 Å². The first-order chi connectivity index (χ1) is 18.9. The minimum Gasteiger partial charge on any atom is -0.378 e. The molecule has 0 spiro atoms. The van der Waals surface area contributed by atoms with Crippen molar-refractivity contribution in [3.63, 3.8) is 0 Å². The van der Waals surface area contributed by atoms with Gasteiger partial charge in [-0.3, -0.25) is 9.59 Å². The summed E-state index contributed by atoms with van der Waals surface area (Å²) in [6.07, 6.45) is 0. The number of nitrogens with one attached hydrogen (secondary N) is 2. The molecule has 1 unspecified atom stereocenters. The third-order valence-corrected chi connectivity index (χ3v) is 6.79. The first-order valence-corrected chi connectivity index (χ1v) is 13.1. The van der Waals surface area contributed by atoms with E-state index in [-0.39, 0.29) is 17.2 Å². The molecule has 2 N–H and O–H groups in total. The molecule has 1 aliphatic heterocycles. The predicted octanol–water partition coefficient (Wildman–Crippen LogP) is 4.31. The number of anilines is 2. The van der Waals surface area contributed by atoms with E-state index in [1.807, 2.05) is 42.2 Å². The maximum atomic E-state index is 14.4. The van der Waals surface area contributed by atoms with E-state index in [0.717, 1.165) is 16.4 Å². The molecule has 4 aromatic rings. The highest BCUT2D eigenvalue weighted by Gasteiger charge is 2.18. The molecule has 0 bridgehead atoms. The van der Waals surface area contributed by atoms with Gasteiger partial charge in [0.15, 0.2) is 0 Å². The number of carbonyl (C=O) groups is 2. The number of carbonyl (C=O) groups excluding carboxylic acids is 2. The molecular formula is C29H28FN4O4P. The van der Waals surface area contributed by atoms with Gasteiger partial charge >= 0.3 is 0 Å². The zero-order chi connectivity index (χ0) is 27.4. The standard InChI is InChI=1S/C29H28FN4O4P/c1-18-5-6-22(32-28(35)20-12-21(30)14-23(13-20)34-7-9-37-10-8-34)15-25(18)26-16-27(38-33-26)29(36)31-17-19-3-2-4-24(39)11-19/h2-6,11-16H,7-10,17,39H2,1H3,(H,31,36)(H,32,35). The topological polar surface area (TPSA) is 96.7 Å². The summed E-state index contributed by atoms with van der Waals surface area (Å²) in [5, 5.41) is 10.8. The summed E-state index contributed by atoms with van der Waals surface area (Å²) in [6.45, 7) is 4.63. The summed E-state index contributed by atoms with van der Waals surface area (Å²) < 4.78 is 25.0. The van der Waals surface area contributed by atoms with Crippen LogP contribution in [-0.2, 0) is 11.3 Å². The van der Waals surface area contributed by atoms with Gasteiger partial charge in [0.25, 0.3) is 11.8 Å². The number of hydrogen-bond acceptors (Lipinski definition) is 6. The second kappa shape index (κ2) is 11.8. The Morgan fingerprint density at radius 2 is 1.85 bits per heavy atom. The number of halogens is 1. The minimum atomic E-state index is -0.483. The molecule has 2 amide bonds. The number of aromatic nitrogens is 1. The molecule has 39 heavy (non-hydrogen) atoms. The van der Waals surface area contributed by atoms with E-state index in [1.54, 1.807) is 24.3 Å². The third-order valence-electron chi connectivity index (χ3n) is 6.43. The van der Waals surface area contributed by atoms with Crippen LogP contribution >= 0.6 is 9.24 Å². The Bertz CT molecular complexity index is 1520. The number of nitrogens with zero attached hydrogens (tertiary/aromatic N) is 2. The van der Waals surface area contributed by atoms with Crippen LogP contribution in [0.4, 0.5) is 15.8 Å². The Hall–Kier alpha value is -4.07. The first kappa shape index (κ1) is 26.5. The summed E-state index contributed by atoms with van der Waals surface area (Å²) in [5.41, 5.74) is 4.36. The fourth-order valence-electron chi connectivity index (χ4n) is 4.37. The van der Waals surface area contributed by atoms with E-state index >= 15 is 0 Å². The van der Waals surface area contributed by atoms with Crippen LogP contribution in [0.2, 0.25) is 0 Å². The van der Waals surface area contributed by atoms with Crippen LogP contribution in [-0.4, -0.2) is 43.3 Å². The summed E-state index contributed by atoms with van der Waals surface area (Å²) >= 11 is 0. The van der Waals surface area contributed by atoms with E-state index in [1.165, 1.54) is 12.1 Å². The van der Waals surface area contributed by atoms with Crippen molar-refractivity contribution >= 4 is 37.7 Å². The van der Waals surface area contributed by atoms with Crippen LogP contribution in [0.1, 0.15) is 32.0 Å². The molecule has 1 aromatic heterocycles.